The zero-order valence-electron chi connectivity index (χ0n) is 10.4. The van der Waals surface area contributed by atoms with Crippen LogP contribution < -0.4 is 4.74 Å². The summed E-state index contributed by atoms with van der Waals surface area (Å²) in [6.07, 6.45) is 8.51. The summed E-state index contributed by atoms with van der Waals surface area (Å²) in [5, 5.41) is 0. The lowest BCUT2D eigenvalue weighted by Gasteiger charge is -2.23. The van der Waals surface area contributed by atoms with Crippen LogP contribution in [0.4, 0.5) is 0 Å². The van der Waals surface area contributed by atoms with Crippen LogP contribution in [-0.4, -0.2) is 12.9 Å². The Kier molecular flexibility index (Phi) is 4.63. The van der Waals surface area contributed by atoms with E-state index in [1.54, 1.807) is 0 Å². The molecular formula is C15H20O2. The summed E-state index contributed by atoms with van der Waals surface area (Å²) in [6, 6.07) is 8.27. The third-order valence-electron chi connectivity index (χ3n) is 2.92. The molecule has 1 fully saturated rings. The predicted octanol–water partition coefficient (Wildman–Crippen LogP) is 3.71. The highest BCUT2D eigenvalue weighted by Gasteiger charge is 2.14. The van der Waals surface area contributed by atoms with Gasteiger partial charge in [-0.05, 0) is 43.9 Å². The molecule has 2 rings (SSSR count). The van der Waals surface area contributed by atoms with Crippen LogP contribution in [0.5, 0.6) is 5.75 Å². The van der Waals surface area contributed by atoms with Gasteiger partial charge in [-0.15, -0.1) is 0 Å². The van der Waals surface area contributed by atoms with Gasteiger partial charge in [0.25, 0.3) is 0 Å². The van der Waals surface area contributed by atoms with Gasteiger partial charge in [-0.3, -0.25) is 0 Å². The third-order valence-corrected chi connectivity index (χ3v) is 2.92. The first kappa shape index (κ1) is 12.2. The van der Waals surface area contributed by atoms with E-state index in [0.29, 0.717) is 0 Å². The van der Waals surface area contributed by atoms with Gasteiger partial charge < -0.3 is 9.47 Å². The van der Waals surface area contributed by atoms with E-state index in [9.17, 15) is 0 Å². The van der Waals surface area contributed by atoms with E-state index in [2.05, 4.69) is 24.3 Å². The van der Waals surface area contributed by atoms with E-state index >= 15 is 0 Å². The van der Waals surface area contributed by atoms with Crippen molar-refractivity contribution in [3.8, 4) is 5.75 Å². The van der Waals surface area contributed by atoms with Gasteiger partial charge in [0.2, 0.25) is 0 Å². The van der Waals surface area contributed by atoms with E-state index in [4.69, 9.17) is 9.47 Å². The Balaban J connectivity index is 1.88. The molecule has 0 aromatic heterocycles. The lowest BCUT2D eigenvalue weighted by Crippen LogP contribution is -2.24. The average Bonchev–Trinajstić information content (AvgIpc) is 2.39. The van der Waals surface area contributed by atoms with Crippen LogP contribution in [0.25, 0.3) is 0 Å². The highest BCUT2D eigenvalue weighted by Crippen LogP contribution is 2.19. The summed E-state index contributed by atoms with van der Waals surface area (Å²) in [4.78, 5) is 0. The molecule has 2 nitrogen and oxygen atoms in total. The second-order valence-electron chi connectivity index (χ2n) is 4.33. The fourth-order valence-corrected chi connectivity index (χ4v) is 1.91. The van der Waals surface area contributed by atoms with Crippen LogP contribution in [0, 0.1) is 0 Å². The molecule has 1 aliphatic rings. The smallest absolute Gasteiger partial charge is 0.199 e. The zero-order chi connectivity index (χ0) is 11.9. The molecular weight excluding hydrogens is 212 g/mol. The Morgan fingerprint density at radius 2 is 2.12 bits per heavy atom. The molecule has 1 atom stereocenters. The van der Waals surface area contributed by atoms with Gasteiger partial charge in [-0.2, -0.15) is 0 Å². The molecule has 0 N–H and O–H groups in total. The molecule has 0 radical (unpaired) electrons. The van der Waals surface area contributed by atoms with E-state index in [0.717, 1.165) is 31.6 Å². The van der Waals surface area contributed by atoms with Crippen LogP contribution in [0.3, 0.4) is 0 Å². The SMILES string of the molecule is C/C=C/Cc1ccc(OC2CCCCO2)cc1. The highest BCUT2D eigenvalue weighted by molar-refractivity contribution is 5.28. The number of hydrogen-bond acceptors (Lipinski definition) is 2. The molecule has 1 heterocycles. The zero-order valence-corrected chi connectivity index (χ0v) is 10.4. The molecule has 92 valence electrons. The monoisotopic (exact) mass is 232 g/mol. The molecule has 1 aromatic carbocycles. The minimum atomic E-state index is -0.0508. The summed E-state index contributed by atoms with van der Waals surface area (Å²) in [7, 11) is 0. The maximum atomic E-state index is 5.77. The summed E-state index contributed by atoms with van der Waals surface area (Å²) in [5.41, 5.74) is 1.31. The van der Waals surface area contributed by atoms with Gasteiger partial charge in [-0.1, -0.05) is 24.3 Å². The average molecular weight is 232 g/mol. The molecule has 0 bridgehead atoms. The van der Waals surface area contributed by atoms with Crippen molar-refractivity contribution in [2.75, 3.05) is 6.61 Å². The van der Waals surface area contributed by atoms with Crippen molar-refractivity contribution in [3.63, 3.8) is 0 Å². The fraction of sp³-hybridized carbons (Fsp3) is 0.467. The van der Waals surface area contributed by atoms with Crippen molar-refractivity contribution in [3.05, 3.63) is 42.0 Å². The second kappa shape index (κ2) is 6.45. The van der Waals surface area contributed by atoms with E-state index in [-0.39, 0.29) is 6.29 Å². The van der Waals surface area contributed by atoms with Crippen molar-refractivity contribution < 1.29 is 9.47 Å². The van der Waals surface area contributed by atoms with Crippen LogP contribution in [0.15, 0.2) is 36.4 Å². The molecule has 1 aliphatic heterocycles. The first-order valence-electron chi connectivity index (χ1n) is 6.37. The standard InChI is InChI=1S/C15H20O2/c1-2-3-6-13-8-10-14(11-9-13)17-15-7-4-5-12-16-15/h2-3,8-11,15H,4-7,12H2,1H3/b3-2+. The highest BCUT2D eigenvalue weighted by atomic mass is 16.7. The first-order valence-corrected chi connectivity index (χ1v) is 6.37. The molecule has 0 saturated carbocycles. The van der Waals surface area contributed by atoms with E-state index < -0.39 is 0 Å². The lowest BCUT2D eigenvalue weighted by atomic mass is 10.1. The quantitative estimate of drug-likeness (QED) is 0.737. The predicted molar refractivity (Wildman–Crippen MR) is 69.2 cm³/mol. The number of benzene rings is 1. The Morgan fingerprint density at radius 3 is 2.76 bits per heavy atom. The second-order valence-corrected chi connectivity index (χ2v) is 4.33. The maximum absolute atomic E-state index is 5.77. The minimum absolute atomic E-state index is 0.0508. The van der Waals surface area contributed by atoms with Crippen LogP contribution in [0.2, 0.25) is 0 Å². The Morgan fingerprint density at radius 1 is 1.29 bits per heavy atom. The molecule has 1 aromatic rings. The van der Waals surface area contributed by atoms with Gasteiger partial charge in [0, 0.05) is 6.42 Å². The molecule has 0 amide bonds. The largest absolute Gasteiger partial charge is 0.465 e. The molecule has 1 saturated heterocycles. The minimum Gasteiger partial charge on any atom is -0.465 e. The molecule has 0 aliphatic carbocycles. The van der Waals surface area contributed by atoms with Gasteiger partial charge in [0.15, 0.2) is 6.29 Å². The fourth-order valence-electron chi connectivity index (χ4n) is 1.91. The van der Waals surface area contributed by atoms with E-state index in [1.165, 1.54) is 12.0 Å². The topological polar surface area (TPSA) is 18.5 Å². The number of hydrogen-bond donors (Lipinski definition) is 0. The van der Waals surface area contributed by atoms with Crippen molar-refractivity contribution in [1.29, 1.82) is 0 Å². The number of rotatable bonds is 4. The Hall–Kier alpha value is -1.28. The lowest BCUT2D eigenvalue weighted by molar-refractivity contribution is -0.105. The Labute approximate surface area is 103 Å². The Bertz CT molecular complexity index is 348. The summed E-state index contributed by atoms with van der Waals surface area (Å²) in [5.74, 6) is 0.904. The molecule has 1 unspecified atom stereocenters. The van der Waals surface area contributed by atoms with Crippen molar-refractivity contribution >= 4 is 0 Å². The first-order chi connectivity index (χ1) is 8.38. The van der Waals surface area contributed by atoms with E-state index in [1.807, 2.05) is 19.1 Å². The van der Waals surface area contributed by atoms with Crippen molar-refractivity contribution in [2.24, 2.45) is 0 Å². The van der Waals surface area contributed by atoms with Gasteiger partial charge in [0.1, 0.15) is 5.75 Å². The normalized spacial score (nSPS) is 20.6. The van der Waals surface area contributed by atoms with Gasteiger partial charge in [-0.25, -0.2) is 0 Å². The van der Waals surface area contributed by atoms with Crippen molar-refractivity contribution in [1.82, 2.24) is 0 Å². The molecule has 17 heavy (non-hydrogen) atoms. The summed E-state index contributed by atoms with van der Waals surface area (Å²) >= 11 is 0. The third kappa shape index (κ3) is 3.90. The number of ether oxygens (including phenoxy) is 2. The number of allylic oxidation sites excluding steroid dienone is 2. The van der Waals surface area contributed by atoms with Crippen LogP contribution in [0.1, 0.15) is 31.7 Å². The summed E-state index contributed by atoms with van der Waals surface area (Å²) in [6.45, 7) is 2.86. The molecule has 0 spiro atoms. The van der Waals surface area contributed by atoms with Gasteiger partial charge in [0.05, 0.1) is 6.61 Å². The summed E-state index contributed by atoms with van der Waals surface area (Å²) < 4.78 is 11.3. The van der Waals surface area contributed by atoms with Crippen LogP contribution >= 0.6 is 0 Å². The van der Waals surface area contributed by atoms with Crippen LogP contribution in [-0.2, 0) is 11.2 Å². The van der Waals surface area contributed by atoms with Gasteiger partial charge >= 0.3 is 0 Å². The van der Waals surface area contributed by atoms with Crippen molar-refractivity contribution in [2.45, 2.75) is 38.9 Å². The molecule has 2 heteroatoms. The maximum Gasteiger partial charge on any atom is 0.199 e.